The molecule has 2 aromatic carbocycles. The molecular formula is C17H13F6NO2. The molecule has 2 rings (SSSR count). The first-order valence-electron chi connectivity index (χ1n) is 7.29. The SMILES string of the molecule is O=C(NCc1ccc(OCC(F)(F)F)cc1)c1ccccc1C(F)(F)F. The van der Waals surface area contributed by atoms with E-state index in [0.29, 0.717) is 5.56 Å². The lowest BCUT2D eigenvalue weighted by molar-refractivity contribution is -0.153. The molecule has 140 valence electrons. The predicted molar refractivity (Wildman–Crippen MR) is 80.6 cm³/mol. The van der Waals surface area contributed by atoms with E-state index in [1.807, 2.05) is 0 Å². The number of alkyl halides is 6. The Morgan fingerprint density at radius 2 is 1.54 bits per heavy atom. The first-order chi connectivity index (χ1) is 12.1. The summed E-state index contributed by atoms with van der Waals surface area (Å²) in [5.41, 5.74) is -1.07. The summed E-state index contributed by atoms with van der Waals surface area (Å²) in [6.07, 6.45) is -9.12. The molecule has 0 unspecified atom stereocenters. The van der Waals surface area contributed by atoms with Crippen molar-refractivity contribution >= 4 is 5.91 Å². The van der Waals surface area contributed by atoms with Crippen molar-refractivity contribution in [1.82, 2.24) is 5.32 Å². The number of benzene rings is 2. The lowest BCUT2D eigenvalue weighted by Crippen LogP contribution is -2.25. The Balaban J connectivity index is 1.98. The predicted octanol–water partition coefficient (Wildman–Crippen LogP) is 4.58. The molecule has 0 bridgehead atoms. The fourth-order valence-electron chi connectivity index (χ4n) is 2.07. The van der Waals surface area contributed by atoms with Crippen LogP contribution in [0.25, 0.3) is 0 Å². The van der Waals surface area contributed by atoms with Crippen LogP contribution in [-0.4, -0.2) is 18.7 Å². The van der Waals surface area contributed by atoms with Crippen LogP contribution in [0.4, 0.5) is 26.3 Å². The van der Waals surface area contributed by atoms with E-state index in [4.69, 9.17) is 0 Å². The monoisotopic (exact) mass is 377 g/mol. The first kappa shape index (κ1) is 19.6. The second-order valence-electron chi connectivity index (χ2n) is 5.27. The highest BCUT2D eigenvalue weighted by molar-refractivity contribution is 5.95. The maximum Gasteiger partial charge on any atom is 0.422 e. The van der Waals surface area contributed by atoms with Crippen molar-refractivity contribution in [2.24, 2.45) is 0 Å². The van der Waals surface area contributed by atoms with Gasteiger partial charge in [-0.05, 0) is 29.8 Å². The van der Waals surface area contributed by atoms with E-state index < -0.39 is 36.0 Å². The number of carbonyl (C=O) groups excluding carboxylic acids is 1. The maximum absolute atomic E-state index is 12.9. The molecule has 0 heterocycles. The minimum atomic E-state index is -4.66. The lowest BCUT2D eigenvalue weighted by Gasteiger charge is -2.13. The molecule has 0 aromatic heterocycles. The van der Waals surface area contributed by atoms with Crippen molar-refractivity contribution in [3.8, 4) is 5.75 Å². The quantitative estimate of drug-likeness (QED) is 0.775. The van der Waals surface area contributed by atoms with Gasteiger partial charge in [-0.1, -0.05) is 24.3 Å². The van der Waals surface area contributed by atoms with E-state index in [1.165, 1.54) is 36.4 Å². The standard InChI is InChI=1S/C17H13F6NO2/c18-16(19,20)10-26-12-7-5-11(6-8-12)9-24-15(25)13-3-1-2-4-14(13)17(21,22)23/h1-8H,9-10H2,(H,24,25). The molecule has 0 spiro atoms. The molecule has 26 heavy (non-hydrogen) atoms. The summed E-state index contributed by atoms with van der Waals surface area (Å²) in [4.78, 5) is 12.0. The highest BCUT2D eigenvalue weighted by Crippen LogP contribution is 2.31. The van der Waals surface area contributed by atoms with E-state index >= 15 is 0 Å². The lowest BCUT2D eigenvalue weighted by atomic mass is 10.1. The molecule has 0 saturated carbocycles. The fraction of sp³-hybridized carbons (Fsp3) is 0.235. The van der Waals surface area contributed by atoms with Crippen molar-refractivity contribution in [3.63, 3.8) is 0 Å². The second kappa shape index (κ2) is 7.67. The van der Waals surface area contributed by atoms with E-state index in [1.54, 1.807) is 0 Å². The summed E-state index contributed by atoms with van der Waals surface area (Å²) in [6.45, 7) is -1.53. The molecular weight excluding hydrogens is 364 g/mol. The fourth-order valence-corrected chi connectivity index (χ4v) is 2.07. The molecule has 0 saturated heterocycles. The third kappa shape index (κ3) is 5.68. The highest BCUT2D eigenvalue weighted by Gasteiger charge is 2.34. The summed E-state index contributed by atoms with van der Waals surface area (Å²) in [6, 6.07) is 9.72. The van der Waals surface area contributed by atoms with Crippen molar-refractivity contribution in [3.05, 3.63) is 65.2 Å². The second-order valence-corrected chi connectivity index (χ2v) is 5.27. The third-order valence-electron chi connectivity index (χ3n) is 3.26. The minimum absolute atomic E-state index is 0.0141. The van der Waals surface area contributed by atoms with Gasteiger partial charge in [0, 0.05) is 6.54 Å². The molecule has 3 nitrogen and oxygen atoms in total. The molecule has 0 aliphatic heterocycles. The average molecular weight is 377 g/mol. The van der Waals surface area contributed by atoms with Gasteiger partial charge in [0.15, 0.2) is 6.61 Å². The molecule has 0 radical (unpaired) electrons. The number of halogens is 6. The Hall–Kier alpha value is -2.71. The van der Waals surface area contributed by atoms with Crippen molar-refractivity contribution in [2.75, 3.05) is 6.61 Å². The van der Waals surface area contributed by atoms with Gasteiger partial charge in [-0.15, -0.1) is 0 Å². The van der Waals surface area contributed by atoms with Crippen molar-refractivity contribution < 1.29 is 35.9 Å². The van der Waals surface area contributed by atoms with Crippen LogP contribution < -0.4 is 10.1 Å². The zero-order valence-corrected chi connectivity index (χ0v) is 13.1. The molecule has 0 atom stereocenters. The molecule has 2 aromatic rings. The Labute approximate surface area is 144 Å². The van der Waals surface area contributed by atoms with E-state index in [9.17, 15) is 31.1 Å². The molecule has 0 aliphatic rings. The van der Waals surface area contributed by atoms with Crippen molar-refractivity contribution in [2.45, 2.75) is 18.9 Å². The van der Waals surface area contributed by atoms with Gasteiger partial charge < -0.3 is 10.1 Å². The zero-order chi connectivity index (χ0) is 19.4. The van der Waals surface area contributed by atoms with Crippen LogP contribution in [0.1, 0.15) is 21.5 Å². The van der Waals surface area contributed by atoms with Crippen LogP contribution in [0.5, 0.6) is 5.75 Å². The van der Waals surface area contributed by atoms with Crippen LogP contribution >= 0.6 is 0 Å². The third-order valence-corrected chi connectivity index (χ3v) is 3.26. The molecule has 0 fully saturated rings. The number of carbonyl (C=O) groups is 1. The smallest absolute Gasteiger partial charge is 0.422 e. The Bertz CT molecular complexity index is 753. The van der Waals surface area contributed by atoms with E-state index in [2.05, 4.69) is 10.1 Å². The molecule has 1 amide bonds. The van der Waals surface area contributed by atoms with Gasteiger partial charge in [0.05, 0.1) is 11.1 Å². The Kier molecular flexibility index (Phi) is 5.79. The molecule has 0 aliphatic carbocycles. The highest BCUT2D eigenvalue weighted by atomic mass is 19.4. The number of hydrogen-bond acceptors (Lipinski definition) is 2. The number of nitrogens with one attached hydrogen (secondary N) is 1. The molecule has 1 N–H and O–H groups in total. The topological polar surface area (TPSA) is 38.3 Å². The normalized spacial score (nSPS) is 11.9. The van der Waals surface area contributed by atoms with Gasteiger partial charge in [0.2, 0.25) is 0 Å². The van der Waals surface area contributed by atoms with Crippen molar-refractivity contribution in [1.29, 1.82) is 0 Å². The minimum Gasteiger partial charge on any atom is -0.484 e. The van der Waals surface area contributed by atoms with Crippen LogP contribution in [0.15, 0.2) is 48.5 Å². The summed E-state index contributed by atoms with van der Waals surface area (Å²) in [7, 11) is 0. The van der Waals surface area contributed by atoms with Gasteiger partial charge in [-0.3, -0.25) is 4.79 Å². The maximum atomic E-state index is 12.9. The number of hydrogen-bond donors (Lipinski definition) is 1. The van der Waals surface area contributed by atoms with E-state index in [-0.39, 0.29) is 12.3 Å². The van der Waals surface area contributed by atoms with Crippen LogP contribution in [-0.2, 0) is 12.7 Å². The van der Waals surface area contributed by atoms with Gasteiger partial charge >= 0.3 is 12.4 Å². The number of amides is 1. The van der Waals surface area contributed by atoms with Crippen LogP contribution in [0.3, 0.4) is 0 Å². The summed E-state index contributed by atoms with van der Waals surface area (Å²) >= 11 is 0. The molecule has 9 heteroatoms. The van der Waals surface area contributed by atoms with Crippen LogP contribution in [0.2, 0.25) is 0 Å². The number of ether oxygens (including phenoxy) is 1. The van der Waals surface area contributed by atoms with Crippen LogP contribution in [0, 0.1) is 0 Å². The summed E-state index contributed by atoms with van der Waals surface area (Å²) < 4.78 is 79.4. The average Bonchev–Trinajstić information content (AvgIpc) is 2.57. The Morgan fingerprint density at radius 3 is 2.12 bits per heavy atom. The van der Waals surface area contributed by atoms with Gasteiger partial charge in [-0.2, -0.15) is 26.3 Å². The summed E-state index contributed by atoms with van der Waals surface area (Å²) in [5.74, 6) is -0.921. The Morgan fingerprint density at radius 1 is 0.923 bits per heavy atom. The zero-order valence-electron chi connectivity index (χ0n) is 13.1. The first-order valence-corrected chi connectivity index (χ1v) is 7.29. The largest absolute Gasteiger partial charge is 0.484 e. The van der Waals surface area contributed by atoms with E-state index in [0.717, 1.165) is 12.1 Å². The summed E-state index contributed by atoms with van der Waals surface area (Å²) in [5, 5.41) is 2.34. The van der Waals surface area contributed by atoms with Gasteiger partial charge in [-0.25, -0.2) is 0 Å². The van der Waals surface area contributed by atoms with Gasteiger partial charge in [0.25, 0.3) is 5.91 Å². The number of rotatable bonds is 5. The van der Waals surface area contributed by atoms with Gasteiger partial charge in [0.1, 0.15) is 5.75 Å².